The zero-order chi connectivity index (χ0) is 15.3. The van der Waals surface area contributed by atoms with Crippen molar-refractivity contribution in [2.24, 2.45) is 5.73 Å². The molecular weight excluding hydrogens is 296 g/mol. The van der Waals surface area contributed by atoms with Gasteiger partial charge in [-0.05, 0) is 24.7 Å². The highest BCUT2D eigenvalue weighted by Crippen LogP contribution is 2.20. The van der Waals surface area contributed by atoms with Gasteiger partial charge in [-0.1, -0.05) is 18.3 Å². The molecule has 0 aliphatic rings. The molecule has 20 heavy (non-hydrogen) atoms. The molecule has 0 bridgehead atoms. The molecule has 5 nitrogen and oxygen atoms in total. The maximum absolute atomic E-state index is 11.1. The van der Waals surface area contributed by atoms with E-state index in [0.29, 0.717) is 24.4 Å². The van der Waals surface area contributed by atoms with Crippen LogP contribution in [0.1, 0.15) is 11.1 Å². The highest BCUT2D eigenvalue weighted by molar-refractivity contribution is 7.90. The molecule has 0 fully saturated rings. The third kappa shape index (κ3) is 5.44. The number of hydrogen-bond acceptors (Lipinski definition) is 5. The van der Waals surface area contributed by atoms with E-state index in [0.717, 1.165) is 5.56 Å². The van der Waals surface area contributed by atoms with Gasteiger partial charge in [0.25, 0.3) is 0 Å². The lowest BCUT2D eigenvalue weighted by molar-refractivity contribution is 0.346. The number of hydrogen-bond donors (Lipinski definition) is 1. The molecule has 2 N–H and O–H groups in total. The first-order valence-electron chi connectivity index (χ1n) is 6.06. The van der Waals surface area contributed by atoms with Crippen LogP contribution in [0.5, 0.6) is 5.75 Å². The van der Waals surface area contributed by atoms with E-state index in [2.05, 4.69) is 0 Å². The fourth-order valence-corrected chi connectivity index (χ4v) is 2.56. The summed E-state index contributed by atoms with van der Waals surface area (Å²) in [7, 11) is 0.489. The molecule has 0 amide bonds. The van der Waals surface area contributed by atoms with E-state index in [1.54, 1.807) is 7.11 Å². The lowest BCUT2D eigenvalue weighted by atomic mass is 10.1. The van der Waals surface area contributed by atoms with Crippen molar-refractivity contribution in [2.75, 3.05) is 32.7 Å². The number of benzene rings is 1. The van der Waals surface area contributed by atoms with Crippen LogP contribution in [0.2, 0.25) is 0 Å². The second-order valence-electron chi connectivity index (χ2n) is 4.77. The standard InChI is InChI=1S/C13H20N2O3S2/c1-15(6-7-20(3,16)17)9-10-4-5-12(18-2)11(8-10)13(14)19/h4-5,8H,6-7,9H2,1-3H3,(H2,14,19). The van der Waals surface area contributed by atoms with Gasteiger partial charge in [0.05, 0.1) is 18.4 Å². The summed E-state index contributed by atoms with van der Waals surface area (Å²) in [4.78, 5) is 2.22. The van der Waals surface area contributed by atoms with E-state index >= 15 is 0 Å². The van der Waals surface area contributed by atoms with E-state index in [1.165, 1.54) is 6.26 Å². The minimum atomic E-state index is -2.95. The number of rotatable bonds is 7. The van der Waals surface area contributed by atoms with Gasteiger partial charge in [0.15, 0.2) is 0 Å². The van der Waals surface area contributed by atoms with Gasteiger partial charge < -0.3 is 15.4 Å². The van der Waals surface area contributed by atoms with Gasteiger partial charge in [-0.2, -0.15) is 0 Å². The van der Waals surface area contributed by atoms with Crippen LogP contribution in [0.4, 0.5) is 0 Å². The summed E-state index contributed by atoms with van der Waals surface area (Å²) in [6, 6.07) is 5.60. The monoisotopic (exact) mass is 316 g/mol. The Hall–Kier alpha value is -1.18. The molecule has 112 valence electrons. The molecule has 0 spiro atoms. The average molecular weight is 316 g/mol. The number of nitrogens with two attached hydrogens (primary N) is 1. The normalized spacial score (nSPS) is 11.6. The third-order valence-electron chi connectivity index (χ3n) is 2.83. The number of nitrogens with zero attached hydrogens (tertiary/aromatic N) is 1. The van der Waals surface area contributed by atoms with Crippen LogP contribution in [0, 0.1) is 0 Å². The predicted octanol–water partition coefficient (Wildman–Crippen LogP) is 0.806. The summed E-state index contributed by atoms with van der Waals surface area (Å²) >= 11 is 4.99. The number of methoxy groups -OCH3 is 1. The summed E-state index contributed by atoms with van der Waals surface area (Å²) in [5.41, 5.74) is 7.36. The minimum Gasteiger partial charge on any atom is -0.496 e. The first-order valence-corrected chi connectivity index (χ1v) is 8.53. The van der Waals surface area contributed by atoms with E-state index in [-0.39, 0.29) is 10.7 Å². The van der Waals surface area contributed by atoms with Crippen molar-refractivity contribution in [2.45, 2.75) is 6.54 Å². The average Bonchev–Trinajstić information content (AvgIpc) is 2.35. The van der Waals surface area contributed by atoms with Crippen LogP contribution in [0.15, 0.2) is 18.2 Å². The quantitative estimate of drug-likeness (QED) is 0.750. The number of ether oxygens (including phenoxy) is 1. The Balaban J connectivity index is 2.78. The molecule has 0 aliphatic heterocycles. The van der Waals surface area contributed by atoms with Crippen LogP contribution in [-0.4, -0.2) is 51.0 Å². The van der Waals surface area contributed by atoms with Crippen molar-refractivity contribution in [3.63, 3.8) is 0 Å². The molecule has 1 rings (SSSR count). The molecule has 0 atom stereocenters. The maximum Gasteiger partial charge on any atom is 0.148 e. The van der Waals surface area contributed by atoms with Crippen LogP contribution in [0.25, 0.3) is 0 Å². The lowest BCUT2D eigenvalue weighted by Gasteiger charge is -2.17. The Kier molecular flexibility index (Phi) is 5.91. The first-order chi connectivity index (χ1) is 9.23. The van der Waals surface area contributed by atoms with E-state index < -0.39 is 9.84 Å². The van der Waals surface area contributed by atoms with Crippen LogP contribution in [0.3, 0.4) is 0 Å². The summed E-state index contributed by atoms with van der Waals surface area (Å²) < 4.78 is 27.5. The Morgan fingerprint density at radius 2 is 2.10 bits per heavy atom. The zero-order valence-corrected chi connectivity index (χ0v) is 13.6. The molecule has 0 saturated carbocycles. The SMILES string of the molecule is COc1ccc(CN(C)CCS(C)(=O)=O)cc1C(N)=S. The second kappa shape index (κ2) is 7.01. The number of thiocarbonyl (C=S) groups is 1. The van der Waals surface area contributed by atoms with Crippen molar-refractivity contribution >= 4 is 27.0 Å². The van der Waals surface area contributed by atoms with Gasteiger partial charge in [0.2, 0.25) is 0 Å². The molecule has 0 unspecified atom stereocenters. The molecule has 1 aromatic carbocycles. The molecule has 0 aliphatic carbocycles. The Bertz CT molecular complexity index is 585. The Morgan fingerprint density at radius 3 is 2.60 bits per heavy atom. The van der Waals surface area contributed by atoms with E-state index in [9.17, 15) is 8.42 Å². The highest BCUT2D eigenvalue weighted by atomic mass is 32.2. The van der Waals surface area contributed by atoms with E-state index in [4.69, 9.17) is 22.7 Å². The first kappa shape index (κ1) is 16.9. The molecule has 0 radical (unpaired) electrons. The van der Waals surface area contributed by atoms with Crippen LogP contribution in [-0.2, 0) is 16.4 Å². The van der Waals surface area contributed by atoms with E-state index in [1.807, 2.05) is 30.1 Å². The molecular formula is C13H20N2O3S2. The minimum absolute atomic E-state index is 0.141. The van der Waals surface area contributed by atoms with Crippen molar-refractivity contribution in [1.82, 2.24) is 4.90 Å². The van der Waals surface area contributed by atoms with Crippen molar-refractivity contribution in [3.05, 3.63) is 29.3 Å². The topological polar surface area (TPSA) is 72.6 Å². The summed E-state index contributed by atoms with van der Waals surface area (Å²) in [6.07, 6.45) is 1.24. The summed E-state index contributed by atoms with van der Waals surface area (Å²) in [5.74, 6) is 0.780. The second-order valence-corrected chi connectivity index (χ2v) is 7.47. The van der Waals surface area contributed by atoms with Gasteiger partial charge in [-0.15, -0.1) is 0 Å². The van der Waals surface area contributed by atoms with Gasteiger partial charge in [0, 0.05) is 19.3 Å². The van der Waals surface area contributed by atoms with Gasteiger partial charge in [0.1, 0.15) is 20.6 Å². The predicted molar refractivity (Wildman–Crippen MR) is 84.9 cm³/mol. The zero-order valence-electron chi connectivity index (χ0n) is 11.9. The van der Waals surface area contributed by atoms with Crippen LogP contribution >= 0.6 is 12.2 Å². The third-order valence-corrected chi connectivity index (χ3v) is 3.97. The molecule has 0 heterocycles. The molecule has 7 heteroatoms. The maximum atomic E-state index is 11.1. The molecule has 0 aromatic heterocycles. The van der Waals surface area contributed by atoms with Crippen molar-refractivity contribution < 1.29 is 13.2 Å². The summed E-state index contributed by atoms with van der Waals surface area (Å²) in [6.45, 7) is 1.10. The van der Waals surface area contributed by atoms with Gasteiger partial charge in [-0.25, -0.2) is 8.42 Å². The fourth-order valence-electron chi connectivity index (χ4n) is 1.76. The molecule has 0 saturated heterocycles. The highest BCUT2D eigenvalue weighted by Gasteiger charge is 2.10. The fraction of sp³-hybridized carbons (Fsp3) is 0.462. The van der Waals surface area contributed by atoms with Gasteiger partial charge >= 0.3 is 0 Å². The lowest BCUT2D eigenvalue weighted by Crippen LogP contribution is -2.25. The largest absolute Gasteiger partial charge is 0.496 e. The smallest absolute Gasteiger partial charge is 0.148 e. The number of sulfone groups is 1. The van der Waals surface area contributed by atoms with Crippen LogP contribution < -0.4 is 10.5 Å². The summed E-state index contributed by atoms with van der Waals surface area (Å²) in [5, 5.41) is 0. The Labute approximate surface area is 125 Å². The van der Waals surface area contributed by atoms with Crippen molar-refractivity contribution in [3.8, 4) is 5.75 Å². The van der Waals surface area contributed by atoms with Crippen molar-refractivity contribution in [1.29, 1.82) is 0 Å². The Morgan fingerprint density at radius 1 is 1.45 bits per heavy atom. The molecule has 1 aromatic rings. The van der Waals surface area contributed by atoms with Gasteiger partial charge in [-0.3, -0.25) is 0 Å².